The summed E-state index contributed by atoms with van der Waals surface area (Å²) >= 11 is 0. The highest BCUT2D eigenvalue weighted by Crippen LogP contribution is 2.20. The fourth-order valence-corrected chi connectivity index (χ4v) is 1.61. The van der Waals surface area contributed by atoms with Crippen LogP contribution in [0.3, 0.4) is 0 Å². The fourth-order valence-electron chi connectivity index (χ4n) is 1.61. The highest BCUT2D eigenvalue weighted by Gasteiger charge is 2.20. The Kier molecular flexibility index (Phi) is 3.93. The molecule has 14 heavy (non-hydrogen) atoms. The molecule has 0 aliphatic heterocycles. The molecule has 1 rings (SSSR count). The Labute approximate surface area is 85.8 Å². The highest BCUT2D eigenvalue weighted by atomic mass is 16.6. The van der Waals surface area contributed by atoms with Gasteiger partial charge in [-0.05, 0) is 33.6 Å². The van der Waals surface area contributed by atoms with Crippen molar-refractivity contribution < 1.29 is 14.3 Å². The molecule has 0 spiro atoms. The summed E-state index contributed by atoms with van der Waals surface area (Å²) in [5.74, 6) is -0.260. The van der Waals surface area contributed by atoms with Gasteiger partial charge in [0.1, 0.15) is 12.2 Å². The van der Waals surface area contributed by atoms with Crippen LogP contribution in [0.1, 0.15) is 46.5 Å². The number of esters is 1. The van der Waals surface area contributed by atoms with E-state index in [0.29, 0.717) is 0 Å². The molecule has 0 aromatic carbocycles. The minimum absolute atomic E-state index is 0.0991. The second kappa shape index (κ2) is 4.78. The van der Waals surface area contributed by atoms with Crippen molar-refractivity contribution in [2.24, 2.45) is 0 Å². The molecule has 1 saturated carbocycles. The number of carbonyl (C=O) groups is 1. The first kappa shape index (κ1) is 11.5. The van der Waals surface area contributed by atoms with Gasteiger partial charge in [-0.2, -0.15) is 0 Å². The molecule has 1 aliphatic rings. The van der Waals surface area contributed by atoms with E-state index in [1.807, 2.05) is 20.8 Å². The third-order valence-electron chi connectivity index (χ3n) is 2.16. The van der Waals surface area contributed by atoms with Gasteiger partial charge in [-0.15, -0.1) is 0 Å². The zero-order valence-electron chi connectivity index (χ0n) is 9.34. The lowest BCUT2D eigenvalue weighted by atomic mass is 10.2. The second-order valence-electron chi connectivity index (χ2n) is 4.80. The lowest BCUT2D eigenvalue weighted by Crippen LogP contribution is -2.27. The third-order valence-corrected chi connectivity index (χ3v) is 2.16. The Morgan fingerprint density at radius 3 is 2.36 bits per heavy atom. The van der Waals surface area contributed by atoms with Gasteiger partial charge in [-0.1, -0.05) is 12.8 Å². The fraction of sp³-hybridized carbons (Fsp3) is 0.909. The maximum atomic E-state index is 11.3. The maximum Gasteiger partial charge on any atom is 0.332 e. The molecular weight excluding hydrogens is 180 g/mol. The Balaban J connectivity index is 2.14. The number of hydrogen-bond donors (Lipinski definition) is 0. The summed E-state index contributed by atoms with van der Waals surface area (Å²) in [4.78, 5) is 11.3. The van der Waals surface area contributed by atoms with Gasteiger partial charge in [0.25, 0.3) is 0 Å². The number of hydrogen-bond acceptors (Lipinski definition) is 3. The zero-order valence-corrected chi connectivity index (χ0v) is 9.34. The van der Waals surface area contributed by atoms with E-state index in [1.54, 1.807) is 0 Å². The Morgan fingerprint density at radius 2 is 1.86 bits per heavy atom. The molecule has 0 amide bonds. The quantitative estimate of drug-likeness (QED) is 0.656. The van der Waals surface area contributed by atoms with Crippen LogP contribution in [0.15, 0.2) is 0 Å². The standard InChI is InChI=1S/C11H20O3/c1-11(2,3)14-10(12)8-13-9-6-4-5-7-9/h9H,4-8H2,1-3H3. The molecule has 0 radical (unpaired) electrons. The van der Waals surface area contributed by atoms with E-state index >= 15 is 0 Å². The van der Waals surface area contributed by atoms with Gasteiger partial charge in [-0.25, -0.2) is 4.79 Å². The van der Waals surface area contributed by atoms with Gasteiger partial charge < -0.3 is 9.47 Å². The number of ether oxygens (including phenoxy) is 2. The molecular formula is C11H20O3. The predicted octanol–water partition coefficient (Wildman–Crippen LogP) is 2.29. The van der Waals surface area contributed by atoms with E-state index in [2.05, 4.69) is 0 Å². The van der Waals surface area contributed by atoms with E-state index in [4.69, 9.17) is 9.47 Å². The molecule has 82 valence electrons. The molecule has 0 atom stereocenters. The first-order valence-electron chi connectivity index (χ1n) is 5.31. The van der Waals surface area contributed by atoms with Gasteiger partial charge in [0, 0.05) is 0 Å². The summed E-state index contributed by atoms with van der Waals surface area (Å²) < 4.78 is 10.6. The average Bonchev–Trinajstić information content (AvgIpc) is 2.49. The Hall–Kier alpha value is -0.570. The third kappa shape index (κ3) is 4.61. The summed E-state index contributed by atoms with van der Waals surface area (Å²) in [6, 6.07) is 0. The van der Waals surface area contributed by atoms with Crippen LogP contribution >= 0.6 is 0 Å². The van der Waals surface area contributed by atoms with Gasteiger partial charge in [-0.3, -0.25) is 0 Å². The van der Waals surface area contributed by atoms with Crippen molar-refractivity contribution in [3.05, 3.63) is 0 Å². The molecule has 1 fully saturated rings. The van der Waals surface area contributed by atoms with Crippen molar-refractivity contribution in [3.8, 4) is 0 Å². The Morgan fingerprint density at radius 1 is 1.29 bits per heavy atom. The first-order valence-corrected chi connectivity index (χ1v) is 5.31. The molecule has 0 bridgehead atoms. The normalized spacial score (nSPS) is 18.5. The van der Waals surface area contributed by atoms with Crippen LogP contribution in [-0.4, -0.2) is 24.3 Å². The van der Waals surface area contributed by atoms with Crippen LogP contribution < -0.4 is 0 Å². The van der Waals surface area contributed by atoms with Crippen LogP contribution in [0.25, 0.3) is 0 Å². The SMILES string of the molecule is CC(C)(C)OC(=O)COC1CCCC1. The maximum absolute atomic E-state index is 11.3. The predicted molar refractivity (Wildman–Crippen MR) is 54.1 cm³/mol. The highest BCUT2D eigenvalue weighted by molar-refractivity contribution is 5.71. The van der Waals surface area contributed by atoms with Crippen molar-refractivity contribution in [1.29, 1.82) is 0 Å². The van der Waals surface area contributed by atoms with Crippen molar-refractivity contribution in [2.45, 2.75) is 58.2 Å². The van der Waals surface area contributed by atoms with Crippen LogP contribution in [0.2, 0.25) is 0 Å². The van der Waals surface area contributed by atoms with E-state index in [-0.39, 0.29) is 18.7 Å². The van der Waals surface area contributed by atoms with Crippen LogP contribution in [-0.2, 0) is 14.3 Å². The lowest BCUT2D eigenvalue weighted by Gasteiger charge is -2.20. The summed E-state index contributed by atoms with van der Waals surface area (Å²) in [6.07, 6.45) is 4.89. The first-order chi connectivity index (χ1) is 6.47. The average molecular weight is 200 g/mol. The minimum Gasteiger partial charge on any atom is -0.458 e. The van der Waals surface area contributed by atoms with E-state index in [9.17, 15) is 4.79 Å². The Bertz CT molecular complexity index is 187. The smallest absolute Gasteiger partial charge is 0.332 e. The molecule has 0 saturated heterocycles. The van der Waals surface area contributed by atoms with Crippen molar-refractivity contribution in [1.82, 2.24) is 0 Å². The van der Waals surface area contributed by atoms with Crippen LogP contribution in [0, 0.1) is 0 Å². The molecule has 0 heterocycles. The molecule has 3 nitrogen and oxygen atoms in total. The minimum atomic E-state index is -0.407. The monoisotopic (exact) mass is 200 g/mol. The van der Waals surface area contributed by atoms with Crippen molar-refractivity contribution in [2.75, 3.05) is 6.61 Å². The molecule has 1 aliphatic carbocycles. The van der Waals surface area contributed by atoms with Crippen molar-refractivity contribution >= 4 is 5.97 Å². The van der Waals surface area contributed by atoms with Crippen LogP contribution in [0.4, 0.5) is 0 Å². The number of rotatable bonds is 3. The summed E-state index contributed by atoms with van der Waals surface area (Å²) in [6.45, 7) is 5.68. The topological polar surface area (TPSA) is 35.5 Å². The summed E-state index contributed by atoms with van der Waals surface area (Å²) in [5.41, 5.74) is -0.407. The van der Waals surface area contributed by atoms with Crippen LogP contribution in [0.5, 0.6) is 0 Å². The van der Waals surface area contributed by atoms with Gasteiger partial charge in [0.15, 0.2) is 0 Å². The summed E-state index contributed by atoms with van der Waals surface area (Å²) in [5, 5.41) is 0. The van der Waals surface area contributed by atoms with E-state index in [0.717, 1.165) is 12.8 Å². The van der Waals surface area contributed by atoms with Gasteiger partial charge in [0.05, 0.1) is 6.10 Å². The molecule has 0 aromatic rings. The second-order valence-corrected chi connectivity index (χ2v) is 4.80. The molecule has 0 N–H and O–H groups in total. The lowest BCUT2D eigenvalue weighted by molar-refractivity contribution is -0.162. The van der Waals surface area contributed by atoms with E-state index in [1.165, 1.54) is 12.8 Å². The summed E-state index contributed by atoms with van der Waals surface area (Å²) in [7, 11) is 0. The van der Waals surface area contributed by atoms with E-state index < -0.39 is 5.60 Å². The molecule has 3 heteroatoms. The molecule has 0 unspecified atom stereocenters. The number of carbonyl (C=O) groups excluding carboxylic acids is 1. The molecule has 0 aromatic heterocycles. The van der Waals surface area contributed by atoms with Gasteiger partial charge >= 0.3 is 5.97 Å². The largest absolute Gasteiger partial charge is 0.458 e. The zero-order chi connectivity index (χ0) is 10.6. The van der Waals surface area contributed by atoms with Crippen molar-refractivity contribution in [3.63, 3.8) is 0 Å². The van der Waals surface area contributed by atoms with Gasteiger partial charge in [0.2, 0.25) is 0 Å².